The van der Waals surface area contributed by atoms with Crippen LogP contribution in [0.4, 0.5) is 15.8 Å². The molecule has 1 atom stereocenters. The average Bonchev–Trinajstić information content (AvgIpc) is 3.72. The Bertz CT molecular complexity index is 1620. The SMILES string of the molecule is CC.O=C(Nc1ccc(F)c(NC(=O)c2cc3ccc(OCC(O)CN4CCCC4)cc3s2)c1)c1ccc2c(c1)OCCO2. The van der Waals surface area contributed by atoms with Gasteiger partial charge in [-0.05, 0) is 92.0 Å². The summed E-state index contributed by atoms with van der Waals surface area (Å²) in [6.45, 7) is 7.63. The van der Waals surface area contributed by atoms with Crippen LogP contribution in [0.3, 0.4) is 0 Å². The van der Waals surface area contributed by atoms with Crippen LogP contribution in [0.5, 0.6) is 17.2 Å². The molecule has 3 aromatic carbocycles. The first kappa shape index (κ1) is 31.2. The molecule has 0 saturated carbocycles. The Balaban J connectivity index is 0.00000188. The van der Waals surface area contributed by atoms with Crippen LogP contribution in [0.1, 0.15) is 46.7 Å². The number of anilines is 2. The van der Waals surface area contributed by atoms with Crippen LogP contribution in [0.15, 0.2) is 60.7 Å². The Kier molecular flexibility index (Phi) is 10.3. The number of carbonyl (C=O) groups excluding carboxylic acids is 2. The van der Waals surface area contributed by atoms with E-state index in [0.29, 0.717) is 53.1 Å². The quantitative estimate of drug-likeness (QED) is 0.205. The number of fused-ring (bicyclic) bond motifs is 2. The number of rotatable bonds is 9. The lowest BCUT2D eigenvalue weighted by Gasteiger charge is -2.19. The third-order valence-electron chi connectivity index (χ3n) is 7.10. The van der Waals surface area contributed by atoms with Crippen molar-refractivity contribution in [3.8, 4) is 17.2 Å². The first-order valence-electron chi connectivity index (χ1n) is 14.8. The molecule has 2 aliphatic heterocycles. The van der Waals surface area contributed by atoms with Gasteiger partial charge in [0.05, 0.1) is 10.6 Å². The summed E-state index contributed by atoms with van der Waals surface area (Å²) in [7, 11) is 0. The molecule has 232 valence electrons. The first-order valence-corrected chi connectivity index (χ1v) is 15.6. The number of carbonyl (C=O) groups is 2. The summed E-state index contributed by atoms with van der Waals surface area (Å²) < 4.78 is 32.3. The number of hydrogen-bond donors (Lipinski definition) is 3. The second-order valence-corrected chi connectivity index (χ2v) is 11.3. The zero-order valence-electron chi connectivity index (χ0n) is 24.7. The molecule has 2 aliphatic rings. The van der Waals surface area contributed by atoms with E-state index in [-0.39, 0.29) is 12.3 Å². The fraction of sp³-hybridized carbons (Fsp3) is 0.333. The number of nitrogens with one attached hydrogen (secondary N) is 2. The zero-order chi connectivity index (χ0) is 31.1. The number of nitrogens with zero attached hydrogens (tertiary/aromatic N) is 1. The van der Waals surface area contributed by atoms with Crippen LogP contribution < -0.4 is 24.8 Å². The van der Waals surface area contributed by atoms with E-state index in [4.69, 9.17) is 14.2 Å². The predicted molar refractivity (Wildman–Crippen MR) is 170 cm³/mol. The number of amides is 2. The van der Waals surface area contributed by atoms with Gasteiger partial charge in [0, 0.05) is 22.5 Å². The molecule has 0 bridgehead atoms. The summed E-state index contributed by atoms with van der Waals surface area (Å²) in [5.41, 5.74) is 0.606. The molecule has 0 spiro atoms. The normalized spacial score (nSPS) is 14.8. The van der Waals surface area contributed by atoms with Gasteiger partial charge >= 0.3 is 0 Å². The van der Waals surface area contributed by atoms with E-state index in [2.05, 4.69) is 15.5 Å². The molecule has 1 aromatic heterocycles. The highest BCUT2D eigenvalue weighted by Gasteiger charge is 2.19. The van der Waals surface area contributed by atoms with Gasteiger partial charge in [-0.3, -0.25) is 9.59 Å². The number of thiophene rings is 1. The van der Waals surface area contributed by atoms with Crippen molar-refractivity contribution in [2.75, 3.05) is 50.1 Å². The van der Waals surface area contributed by atoms with Crippen molar-refractivity contribution >= 4 is 44.6 Å². The Labute approximate surface area is 259 Å². The van der Waals surface area contributed by atoms with Crippen molar-refractivity contribution in [1.82, 2.24) is 4.90 Å². The molecule has 1 unspecified atom stereocenters. The lowest BCUT2D eigenvalue weighted by molar-refractivity contribution is 0.0759. The monoisotopic (exact) mass is 621 g/mol. The third-order valence-corrected chi connectivity index (χ3v) is 8.20. The lowest BCUT2D eigenvalue weighted by atomic mass is 10.1. The molecule has 4 aromatic rings. The molecule has 1 fully saturated rings. The molecule has 0 aliphatic carbocycles. The lowest BCUT2D eigenvalue weighted by Crippen LogP contribution is -2.33. The van der Waals surface area contributed by atoms with E-state index >= 15 is 0 Å². The van der Waals surface area contributed by atoms with Gasteiger partial charge in [-0.1, -0.05) is 13.8 Å². The van der Waals surface area contributed by atoms with Crippen molar-refractivity contribution in [3.63, 3.8) is 0 Å². The van der Waals surface area contributed by atoms with Crippen LogP contribution in [0.25, 0.3) is 10.1 Å². The minimum atomic E-state index is -0.634. The van der Waals surface area contributed by atoms with E-state index in [1.807, 2.05) is 26.0 Å². The maximum atomic E-state index is 14.6. The van der Waals surface area contributed by atoms with E-state index in [9.17, 15) is 19.1 Å². The molecule has 6 rings (SSSR count). The summed E-state index contributed by atoms with van der Waals surface area (Å²) in [6.07, 6.45) is 1.74. The van der Waals surface area contributed by atoms with Gasteiger partial charge in [0.15, 0.2) is 11.5 Å². The van der Waals surface area contributed by atoms with Crippen molar-refractivity contribution in [2.24, 2.45) is 0 Å². The molecular formula is C33H36FN3O6S. The topological polar surface area (TPSA) is 109 Å². The van der Waals surface area contributed by atoms with Crippen LogP contribution >= 0.6 is 11.3 Å². The standard InChI is InChI=1S/C31H30FN3O6S.C2H6/c32-24-7-5-21(33-30(37)20-4-8-26-27(13-20)40-12-11-39-26)15-25(24)34-31(38)29-14-19-3-6-23(16-28(19)42-29)41-18-22(36)17-35-9-1-2-10-35;1-2/h3-8,13-16,22,36H,1-2,9-12,17-18H2,(H,33,37)(H,34,38);1-2H3. The molecule has 44 heavy (non-hydrogen) atoms. The van der Waals surface area contributed by atoms with Gasteiger partial charge in [-0.25, -0.2) is 4.39 Å². The molecule has 11 heteroatoms. The number of benzene rings is 3. The Morgan fingerprint density at radius 1 is 0.955 bits per heavy atom. The van der Waals surface area contributed by atoms with Crippen LogP contribution in [-0.2, 0) is 0 Å². The maximum Gasteiger partial charge on any atom is 0.265 e. The first-order chi connectivity index (χ1) is 21.4. The van der Waals surface area contributed by atoms with Crippen LogP contribution in [0.2, 0.25) is 0 Å². The van der Waals surface area contributed by atoms with Gasteiger partial charge in [0.25, 0.3) is 11.8 Å². The number of halogens is 1. The fourth-order valence-electron chi connectivity index (χ4n) is 4.99. The third kappa shape index (κ3) is 7.65. The number of ether oxygens (including phenoxy) is 3. The second kappa shape index (κ2) is 14.5. The Morgan fingerprint density at radius 3 is 2.52 bits per heavy atom. The molecule has 0 radical (unpaired) electrons. The van der Waals surface area contributed by atoms with Crippen molar-refractivity contribution in [2.45, 2.75) is 32.8 Å². The van der Waals surface area contributed by atoms with Gasteiger partial charge in [0.1, 0.15) is 37.5 Å². The highest BCUT2D eigenvalue weighted by Crippen LogP contribution is 2.32. The fourth-order valence-corrected chi connectivity index (χ4v) is 5.98. The second-order valence-electron chi connectivity index (χ2n) is 10.2. The number of aliphatic hydroxyl groups is 1. The van der Waals surface area contributed by atoms with Gasteiger partial charge < -0.3 is 34.9 Å². The number of hydrogen-bond acceptors (Lipinski definition) is 8. The van der Waals surface area contributed by atoms with Crippen molar-refractivity contribution < 1.29 is 33.3 Å². The maximum absolute atomic E-state index is 14.6. The summed E-state index contributed by atoms with van der Waals surface area (Å²) in [5.74, 6) is 0.129. The highest BCUT2D eigenvalue weighted by molar-refractivity contribution is 7.20. The molecule has 1 saturated heterocycles. The van der Waals surface area contributed by atoms with Gasteiger partial charge in [0.2, 0.25) is 0 Å². The summed E-state index contributed by atoms with van der Waals surface area (Å²) in [6, 6.07) is 16.0. The Morgan fingerprint density at radius 2 is 1.73 bits per heavy atom. The molecule has 3 heterocycles. The highest BCUT2D eigenvalue weighted by atomic mass is 32.1. The summed E-state index contributed by atoms with van der Waals surface area (Å²) in [5, 5.41) is 16.5. The summed E-state index contributed by atoms with van der Waals surface area (Å²) in [4.78, 5) is 28.5. The average molecular weight is 622 g/mol. The van der Waals surface area contributed by atoms with E-state index in [1.54, 1.807) is 30.3 Å². The molecule has 2 amide bonds. The summed E-state index contributed by atoms with van der Waals surface area (Å²) >= 11 is 1.25. The van der Waals surface area contributed by atoms with Gasteiger partial charge in [-0.15, -0.1) is 11.3 Å². The zero-order valence-corrected chi connectivity index (χ0v) is 25.5. The molecule has 3 N–H and O–H groups in total. The van der Waals surface area contributed by atoms with Gasteiger partial charge in [-0.2, -0.15) is 0 Å². The number of β-amino-alcohol motifs (C(OH)–C–C–N with tert-alkyl or cyclic N) is 1. The van der Waals surface area contributed by atoms with E-state index in [1.165, 1.54) is 29.5 Å². The minimum Gasteiger partial charge on any atom is -0.491 e. The largest absolute Gasteiger partial charge is 0.491 e. The Hall–Kier alpha value is -4.19. The van der Waals surface area contributed by atoms with E-state index in [0.717, 1.165) is 36.0 Å². The van der Waals surface area contributed by atoms with E-state index < -0.39 is 23.7 Å². The predicted octanol–water partition coefficient (Wildman–Crippen LogP) is 6.18. The smallest absolute Gasteiger partial charge is 0.265 e. The molecular weight excluding hydrogens is 585 g/mol. The molecule has 9 nitrogen and oxygen atoms in total. The minimum absolute atomic E-state index is 0.0616. The van der Waals surface area contributed by atoms with Crippen molar-refractivity contribution in [1.29, 1.82) is 0 Å². The van der Waals surface area contributed by atoms with Crippen molar-refractivity contribution in [3.05, 3.63) is 76.9 Å². The number of aliphatic hydroxyl groups excluding tert-OH is 1. The number of likely N-dealkylation sites (tertiary alicyclic amines) is 1. The van der Waals surface area contributed by atoms with Crippen LogP contribution in [0, 0.1) is 5.82 Å². The van der Waals surface area contributed by atoms with Crippen LogP contribution in [-0.4, -0.2) is 67.4 Å².